The standard InChI is InChI=1S/C16H31N3O/c1-6-11-19-13-14(12-18-19)15(17-9-4)16(7-2,8-3)20-10-5/h12-13,15,17H,6-11H2,1-5H3. The van der Waals surface area contributed by atoms with E-state index in [1.165, 1.54) is 5.56 Å². The van der Waals surface area contributed by atoms with Crippen molar-refractivity contribution in [3.63, 3.8) is 0 Å². The van der Waals surface area contributed by atoms with Crippen molar-refractivity contribution in [1.82, 2.24) is 15.1 Å². The predicted molar refractivity (Wildman–Crippen MR) is 83.9 cm³/mol. The van der Waals surface area contributed by atoms with Crippen molar-refractivity contribution in [2.24, 2.45) is 0 Å². The van der Waals surface area contributed by atoms with E-state index in [1.54, 1.807) is 0 Å². The highest BCUT2D eigenvalue weighted by molar-refractivity contribution is 5.16. The fourth-order valence-electron chi connectivity index (χ4n) is 2.92. The second-order valence-corrected chi connectivity index (χ2v) is 5.23. The van der Waals surface area contributed by atoms with Crippen LogP contribution >= 0.6 is 0 Å². The van der Waals surface area contributed by atoms with Gasteiger partial charge in [-0.1, -0.05) is 27.7 Å². The Bertz CT molecular complexity index is 372. The first-order valence-corrected chi connectivity index (χ1v) is 8.06. The van der Waals surface area contributed by atoms with E-state index in [0.717, 1.165) is 39.0 Å². The molecule has 116 valence electrons. The summed E-state index contributed by atoms with van der Waals surface area (Å²) in [6.45, 7) is 13.4. The van der Waals surface area contributed by atoms with Crippen LogP contribution in [0.1, 0.15) is 65.5 Å². The lowest BCUT2D eigenvalue weighted by Crippen LogP contribution is -2.45. The Kier molecular flexibility index (Phi) is 7.24. The van der Waals surface area contributed by atoms with Crippen LogP contribution in [0.25, 0.3) is 0 Å². The fraction of sp³-hybridized carbons (Fsp3) is 0.812. The highest BCUT2D eigenvalue weighted by Crippen LogP contribution is 2.35. The van der Waals surface area contributed by atoms with Crippen LogP contribution < -0.4 is 5.32 Å². The number of hydrogen-bond acceptors (Lipinski definition) is 3. The summed E-state index contributed by atoms with van der Waals surface area (Å²) in [4.78, 5) is 0. The fourth-order valence-corrected chi connectivity index (χ4v) is 2.92. The highest BCUT2D eigenvalue weighted by Gasteiger charge is 2.37. The Hall–Kier alpha value is -0.870. The Morgan fingerprint density at radius 2 is 1.95 bits per heavy atom. The lowest BCUT2D eigenvalue weighted by molar-refractivity contribution is -0.0730. The Labute approximate surface area is 123 Å². The number of ether oxygens (including phenoxy) is 1. The molecule has 0 aliphatic carbocycles. The normalized spacial score (nSPS) is 13.7. The van der Waals surface area contributed by atoms with E-state index in [-0.39, 0.29) is 11.6 Å². The molecule has 0 aliphatic rings. The van der Waals surface area contributed by atoms with Crippen LogP contribution in [0.4, 0.5) is 0 Å². The van der Waals surface area contributed by atoms with Crippen molar-refractivity contribution >= 4 is 0 Å². The molecule has 0 aliphatic heterocycles. The summed E-state index contributed by atoms with van der Waals surface area (Å²) in [5.74, 6) is 0. The van der Waals surface area contributed by atoms with Crippen LogP contribution in [0.3, 0.4) is 0 Å². The van der Waals surface area contributed by atoms with Gasteiger partial charge in [-0.15, -0.1) is 0 Å². The van der Waals surface area contributed by atoms with Crippen LogP contribution in [-0.2, 0) is 11.3 Å². The zero-order chi connectivity index (χ0) is 15.0. The lowest BCUT2D eigenvalue weighted by atomic mass is 9.84. The molecule has 0 saturated carbocycles. The summed E-state index contributed by atoms with van der Waals surface area (Å²) in [6, 6.07) is 0.202. The summed E-state index contributed by atoms with van der Waals surface area (Å²) < 4.78 is 8.20. The maximum Gasteiger partial charge on any atom is 0.0872 e. The van der Waals surface area contributed by atoms with E-state index in [2.05, 4.69) is 51.2 Å². The molecule has 0 radical (unpaired) electrons. The van der Waals surface area contributed by atoms with Crippen molar-refractivity contribution in [2.75, 3.05) is 13.2 Å². The number of aromatic nitrogens is 2. The third-order valence-electron chi connectivity index (χ3n) is 4.00. The maximum atomic E-state index is 6.17. The largest absolute Gasteiger partial charge is 0.373 e. The van der Waals surface area contributed by atoms with Gasteiger partial charge in [0.1, 0.15) is 0 Å². The molecule has 1 heterocycles. The minimum atomic E-state index is -0.148. The van der Waals surface area contributed by atoms with Gasteiger partial charge in [-0.3, -0.25) is 4.68 Å². The van der Waals surface area contributed by atoms with Gasteiger partial charge < -0.3 is 10.1 Å². The molecule has 1 aromatic rings. The van der Waals surface area contributed by atoms with Gasteiger partial charge in [0, 0.05) is 24.9 Å². The second kappa shape index (κ2) is 8.42. The van der Waals surface area contributed by atoms with Gasteiger partial charge in [-0.25, -0.2) is 0 Å². The van der Waals surface area contributed by atoms with E-state index in [9.17, 15) is 0 Å². The van der Waals surface area contributed by atoms with Gasteiger partial charge in [0.25, 0.3) is 0 Å². The smallest absolute Gasteiger partial charge is 0.0872 e. The molecule has 0 saturated heterocycles. The minimum absolute atomic E-state index is 0.148. The van der Waals surface area contributed by atoms with E-state index in [4.69, 9.17) is 4.74 Å². The summed E-state index contributed by atoms with van der Waals surface area (Å²) in [5, 5.41) is 8.08. The van der Waals surface area contributed by atoms with Crippen molar-refractivity contribution in [2.45, 2.75) is 72.1 Å². The Balaban J connectivity index is 3.05. The summed E-state index contributed by atoms with van der Waals surface area (Å²) >= 11 is 0. The highest BCUT2D eigenvalue weighted by atomic mass is 16.5. The molecule has 1 atom stereocenters. The first kappa shape index (κ1) is 17.2. The molecule has 1 unspecified atom stereocenters. The van der Waals surface area contributed by atoms with Crippen LogP contribution in [0, 0.1) is 0 Å². The third kappa shape index (κ3) is 3.83. The molecule has 20 heavy (non-hydrogen) atoms. The summed E-state index contributed by atoms with van der Waals surface area (Å²) in [7, 11) is 0. The average Bonchev–Trinajstić information content (AvgIpc) is 2.91. The van der Waals surface area contributed by atoms with Crippen molar-refractivity contribution in [3.05, 3.63) is 18.0 Å². The van der Waals surface area contributed by atoms with Crippen molar-refractivity contribution in [1.29, 1.82) is 0 Å². The van der Waals surface area contributed by atoms with E-state index in [0.29, 0.717) is 0 Å². The van der Waals surface area contributed by atoms with Gasteiger partial charge in [0.05, 0.1) is 17.8 Å². The molecule has 1 aromatic heterocycles. The molecule has 4 heteroatoms. The predicted octanol–water partition coefficient (Wildman–Crippen LogP) is 3.54. The molecule has 4 nitrogen and oxygen atoms in total. The molecule has 1 rings (SSSR count). The zero-order valence-electron chi connectivity index (χ0n) is 13.8. The van der Waals surface area contributed by atoms with Gasteiger partial charge in [-0.05, 0) is 32.7 Å². The number of nitrogens with one attached hydrogen (secondary N) is 1. The van der Waals surface area contributed by atoms with Crippen LogP contribution in [0.5, 0.6) is 0 Å². The topological polar surface area (TPSA) is 39.1 Å². The average molecular weight is 281 g/mol. The monoisotopic (exact) mass is 281 g/mol. The van der Waals surface area contributed by atoms with Gasteiger partial charge in [-0.2, -0.15) is 5.10 Å². The second-order valence-electron chi connectivity index (χ2n) is 5.23. The molecule has 0 spiro atoms. The van der Waals surface area contributed by atoms with Gasteiger partial charge >= 0.3 is 0 Å². The molecule has 0 amide bonds. The van der Waals surface area contributed by atoms with E-state index in [1.807, 2.05) is 10.9 Å². The minimum Gasteiger partial charge on any atom is -0.373 e. The van der Waals surface area contributed by atoms with Gasteiger partial charge in [0.2, 0.25) is 0 Å². The number of rotatable bonds is 10. The third-order valence-corrected chi connectivity index (χ3v) is 4.00. The first-order chi connectivity index (χ1) is 9.67. The number of aryl methyl sites for hydroxylation is 1. The number of likely N-dealkylation sites (N-methyl/N-ethyl adjacent to an activating group) is 1. The molecular formula is C16H31N3O. The Morgan fingerprint density at radius 3 is 2.45 bits per heavy atom. The SMILES string of the molecule is CCCn1cc(C(NCC)C(CC)(CC)OCC)cn1. The molecule has 0 aromatic carbocycles. The van der Waals surface area contributed by atoms with Crippen molar-refractivity contribution in [3.8, 4) is 0 Å². The molecule has 0 bridgehead atoms. The molecule has 0 fully saturated rings. The van der Waals surface area contributed by atoms with Crippen LogP contribution in [0.15, 0.2) is 12.4 Å². The zero-order valence-corrected chi connectivity index (χ0v) is 13.8. The molecular weight excluding hydrogens is 250 g/mol. The number of nitrogens with zero attached hydrogens (tertiary/aromatic N) is 2. The van der Waals surface area contributed by atoms with Gasteiger partial charge in [0.15, 0.2) is 0 Å². The lowest BCUT2D eigenvalue weighted by Gasteiger charge is -2.39. The van der Waals surface area contributed by atoms with E-state index >= 15 is 0 Å². The number of hydrogen-bond donors (Lipinski definition) is 1. The first-order valence-electron chi connectivity index (χ1n) is 8.06. The van der Waals surface area contributed by atoms with Crippen molar-refractivity contribution < 1.29 is 4.74 Å². The van der Waals surface area contributed by atoms with Crippen LogP contribution in [-0.4, -0.2) is 28.5 Å². The van der Waals surface area contributed by atoms with E-state index < -0.39 is 0 Å². The Morgan fingerprint density at radius 1 is 1.25 bits per heavy atom. The summed E-state index contributed by atoms with van der Waals surface area (Å²) in [5.41, 5.74) is 1.09. The maximum absolute atomic E-state index is 6.17. The quantitative estimate of drug-likeness (QED) is 0.713. The molecule has 1 N–H and O–H groups in total. The summed E-state index contributed by atoms with van der Waals surface area (Å²) in [6.07, 6.45) is 7.24. The van der Waals surface area contributed by atoms with Crippen LogP contribution in [0.2, 0.25) is 0 Å².